The van der Waals surface area contributed by atoms with Crippen molar-refractivity contribution in [2.45, 2.75) is 325 Å². The Hall–Kier alpha value is -8.92. The number of likely N-dealkylation sites (tertiary alicyclic amines) is 1. The summed E-state index contributed by atoms with van der Waals surface area (Å²) in [5.41, 5.74) is 7.13. The van der Waals surface area contributed by atoms with E-state index in [1.807, 2.05) is 84.0 Å². The van der Waals surface area contributed by atoms with Crippen LogP contribution in [0.3, 0.4) is 0 Å². The summed E-state index contributed by atoms with van der Waals surface area (Å²) >= 11 is 0. The van der Waals surface area contributed by atoms with Gasteiger partial charge in [0.15, 0.2) is 34.6 Å². The smallest absolute Gasteiger partial charge is 0.275 e. The minimum Gasteiger partial charge on any atom is -0.493 e. The molecule has 4 heterocycles. The van der Waals surface area contributed by atoms with E-state index in [2.05, 4.69) is 162 Å². The molecule has 9 aliphatic rings. The third kappa shape index (κ3) is 36.9. The molecule has 0 spiro atoms. The Bertz CT molecular complexity index is 4860. The fourth-order valence-corrected chi connectivity index (χ4v) is 13.9. The summed E-state index contributed by atoms with van der Waals surface area (Å²) in [6.07, 6.45) is 20.1. The summed E-state index contributed by atoms with van der Waals surface area (Å²) in [5.74, 6) is 7.52. The largest absolute Gasteiger partial charge is 0.493 e. The van der Waals surface area contributed by atoms with Gasteiger partial charge in [0.2, 0.25) is 5.82 Å². The van der Waals surface area contributed by atoms with Crippen LogP contribution in [0.1, 0.15) is 326 Å². The van der Waals surface area contributed by atoms with Crippen LogP contribution in [0.15, 0.2) is 122 Å². The van der Waals surface area contributed by atoms with Crippen LogP contribution < -0.4 is 42.6 Å². The number of aromatic nitrogens is 4. The Morgan fingerprint density at radius 3 is 1.28 bits per heavy atom. The van der Waals surface area contributed by atoms with Gasteiger partial charge in [-0.1, -0.05) is 197 Å². The molecule has 8 aromatic rings. The monoisotopic (exact) mass is 1870 g/mol. The predicted octanol–water partition coefficient (Wildman–Crippen LogP) is 29.0. The third-order valence-corrected chi connectivity index (χ3v) is 24.6. The van der Waals surface area contributed by atoms with Crippen LogP contribution in [-0.4, -0.2) is 103 Å². The molecule has 22 heteroatoms. The van der Waals surface area contributed by atoms with E-state index in [0.29, 0.717) is 110 Å². The third-order valence-electron chi connectivity index (χ3n) is 24.6. The number of ether oxygens (including phenoxy) is 9. The van der Waals surface area contributed by atoms with Gasteiger partial charge in [0.05, 0.1) is 63.3 Å². The molecule has 8 fully saturated rings. The van der Waals surface area contributed by atoms with Crippen LogP contribution >= 0.6 is 0 Å². The lowest BCUT2D eigenvalue weighted by Gasteiger charge is -2.28. The number of rotatable bonds is 24. The molecule has 7 aliphatic carbocycles. The molecule has 2 aliphatic heterocycles. The van der Waals surface area contributed by atoms with Gasteiger partial charge in [-0.2, -0.15) is 13.8 Å². The van der Waals surface area contributed by atoms with Crippen LogP contribution in [0.25, 0.3) is 0 Å². The van der Waals surface area contributed by atoms with Crippen LogP contribution in [0.5, 0.6) is 52.0 Å². The van der Waals surface area contributed by atoms with E-state index >= 15 is 0 Å². The number of halogens is 8. The maximum atomic E-state index is 13.7. The SMILES string of the molecule is CC(C)(C)c1cc(F)cc(OCC2CC2)c1.CC(C)(C)c1ccc(C(F)F)c(OCC2CC2)c1.CC(C)(C)c1ccc(F)c(OCC2CC2)c1.CC(C)(C)c1ccc(F)c(OCCN2CCCC2)c1.CC(C)(C)c1ccc(F)cc1OCC1CC1.CC(C)(C)c1ccc2c(c1)OC(C1CC1)CO2.CC(C)(C)c1cnc(F)c(OCC2CC2)n1.CC(C)(C)c1ncc(F)c(OCC2CC2)n1. The normalized spacial score (nSPS) is 17.2. The van der Waals surface area contributed by atoms with Crippen LogP contribution in [0.2, 0.25) is 0 Å². The number of hydrogen-bond acceptors (Lipinski definition) is 14. The molecule has 7 saturated carbocycles. The maximum Gasteiger partial charge on any atom is 0.275 e. The van der Waals surface area contributed by atoms with Crippen molar-refractivity contribution in [3.05, 3.63) is 207 Å². The van der Waals surface area contributed by atoms with Crippen LogP contribution in [0.4, 0.5) is 35.1 Å². The summed E-state index contributed by atoms with van der Waals surface area (Å²) in [5, 5.41) is 0. The van der Waals surface area contributed by atoms with Gasteiger partial charge in [0.25, 0.3) is 24.1 Å². The molecular weight excluding hydrogens is 1710 g/mol. The molecule has 1 saturated heterocycles. The summed E-state index contributed by atoms with van der Waals surface area (Å²) in [4.78, 5) is 18.4. The van der Waals surface area contributed by atoms with Crippen molar-refractivity contribution in [1.82, 2.24) is 24.8 Å². The molecule has 0 bridgehead atoms. The van der Waals surface area contributed by atoms with E-state index in [-0.39, 0.29) is 90.0 Å². The second-order valence-electron chi connectivity index (χ2n) is 46.2. The highest BCUT2D eigenvalue weighted by Gasteiger charge is 2.38. The van der Waals surface area contributed by atoms with E-state index < -0.39 is 18.2 Å². The first-order valence-corrected chi connectivity index (χ1v) is 49.0. The van der Waals surface area contributed by atoms with Gasteiger partial charge < -0.3 is 42.6 Å². The summed E-state index contributed by atoms with van der Waals surface area (Å²) in [6, 6.07) is 31.5. The molecule has 2 aromatic heterocycles. The Balaban J connectivity index is 0.000000159. The van der Waals surface area contributed by atoms with Crippen molar-refractivity contribution in [1.29, 1.82) is 0 Å². The van der Waals surface area contributed by atoms with Crippen molar-refractivity contribution in [3.63, 3.8) is 0 Å². The maximum absolute atomic E-state index is 13.7. The van der Waals surface area contributed by atoms with Gasteiger partial charge >= 0.3 is 0 Å². The molecule has 134 heavy (non-hydrogen) atoms. The van der Waals surface area contributed by atoms with Crippen molar-refractivity contribution in [3.8, 4) is 52.0 Å². The molecule has 1 unspecified atom stereocenters. The molecule has 0 N–H and O–H groups in total. The fourth-order valence-electron chi connectivity index (χ4n) is 13.9. The molecule has 14 nitrogen and oxygen atoms in total. The average Bonchev–Trinajstić information content (AvgIpc) is 1.65. The topological polar surface area (TPSA) is 138 Å². The van der Waals surface area contributed by atoms with Crippen LogP contribution in [-0.2, 0) is 43.3 Å². The standard InChI is InChI=1S/C16H24FNO.C15H20F2O.C15H20O2.3C14H19FO.2C12H17FN2O/c1-16(2,3)13-6-7-14(17)15(12-13)19-11-10-18-8-4-5-9-18;1-15(2,3)11-6-7-12(14(16)17)13(8-11)18-9-10-4-5-10;1-15(2,3)11-6-7-12-13(8-11)17-14(9-16-12)10-4-5-10;1-14(2,3)11-6-12(15)8-13(7-11)16-9-10-4-5-10;1-14(2,3)12-7-6-11(15)8-13(12)16-9-10-4-5-10;1-14(2,3)11-6-7-12(15)13(8-11)16-9-10-4-5-10;1-12(2,3)9-6-14-10(13)11(15-9)16-7-8-4-5-8;1-12(2,3)11-14-6-9(13)10(15-11)16-7-8-4-5-8/h6-7,12H,4-5,8-11H2,1-3H3;6-8,10,14H,4-5,9H2,1-3H3;6-8,10,14H,4-5,9H2,1-3H3;3*6-8,10H,4-5,9H2,1-3H3;2*6,8H,4-5,7H2,1-3H3. The lowest BCUT2D eigenvalue weighted by atomic mass is 9.86. The zero-order chi connectivity index (χ0) is 98.1. The Morgan fingerprint density at radius 2 is 0.813 bits per heavy atom. The molecule has 1 atom stereocenters. The zero-order valence-corrected chi connectivity index (χ0v) is 84.8. The fraction of sp³-hybridized carbons (Fsp3) is 0.607. The number of hydrogen-bond donors (Lipinski definition) is 0. The Morgan fingerprint density at radius 1 is 0.366 bits per heavy atom. The van der Waals surface area contributed by atoms with Crippen molar-refractivity contribution < 1.29 is 77.8 Å². The zero-order valence-electron chi connectivity index (χ0n) is 84.8. The van der Waals surface area contributed by atoms with E-state index in [1.54, 1.807) is 18.2 Å². The summed E-state index contributed by atoms with van der Waals surface area (Å²) in [7, 11) is 0. The Kier molecular flexibility index (Phi) is 37.2. The minimum atomic E-state index is -2.48. The van der Waals surface area contributed by atoms with Gasteiger partial charge in [0.1, 0.15) is 54.0 Å². The van der Waals surface area contributed by atoms with Gasteiger partial charge in [-0.05, 0) is 290 Å². The van der Waals surface area contributed by atoms with E-state index in [4.69, 9.17) is 42.6 Å². The highest BCUT2D eigenvalue weighted by molar-refractivity contribution is 5.47. The first kappa shape index (κ1) is 107. The highest BCUT2D eigenvalue weighted by Crippen LogP contribution is 2.45. The molecular formula is C112H155F8N5O9. The number of fused-ring (bicyclic) bond motifs is 1. The second-order valence-corrected chi connectivity index (χ2v) is 46.2. The average molecular weight is 1870 g/mol. The molecule has 6 aromatic carbocycles. The lowest BCUT2D eigenvalue weighted by molar-refractivity contribution is 0.0755. The second kappa shape index (κ2) is 46.5. The highest BCUT2D eigenvalue weighted by atomic mass is 19.3. The molecule has 0 amide bonds. The van der Waals surface area contributed by atoms with Gasteiger partial charge in [-0.3, -0.25) is 4.90 Å². The van der Waals surface area contributed by atoms with Crippen molar-refractivity contribution >= 4 is 0 Å². The quantitative estimate of drug-likeness (QED) is 0.0530. The Labute approximate surface area is 796 Å². The number of nitrogens with zero attached hydrogens (tertiary/aromatic N) is 5. The molecule has 0 radical (unpaired) electrons. The van der Waals surface area contributed by atoms with Crippen LogP contribution in [0, 0.1) is 76.5 Å². The number of alkyl halides is 2. The van der Waals surface area contributed by atoms with Gasteiger partial charge in [0, 0.05) is 29.5 Å². The lowest BCUT2D eigenvalue weighted by Crippen LogP contribution is -2.31. The molecule has 738 valence electrons. The number of benzene rings is 6. The first-order valence-electron chi connectivity index (χ1n) is 49.0. The van der Waals surface area contributed by atoms with Crippen molar-refractivity contribution in [2.24, 2.45) is 41.4 Å². The molecule has 17 rings (SSSR count). The first-order chi connectivity index (χ1) is 62.7. The summed E-state index contributed by atoms with van der Waals surface area (Å²) in [6.45, 7) is 58.4. The predicted molar refractivity (Wildman–Crippen MR) is 520 cm³/mol. The minimum absolute atomic E-state index is 0.00338. The van der Waals surface area contributed by atoms with E-state index in [9.17, 15) is 35.1 Å². The van der Waals surface area contributed by atoms with Crippen molar-refractivity contribution in [2.75, 3.05) is 72.5 Å². The van der Waals surface area contributed by atoms with E-state index in [0.717, 1.165) is 96.6 Å². The van der Waals surface area contributed by atoms with E-state index in [1.165, 1.54) is 144 Å². The van der Waals surface area contributed by atoms with Gasteiger partial charge in [-0.15, -0.1) is 0 Å². The van der Waals surface area contributed by atoms with Gasteiger partial charge in [-0.25, -0.2) is 41.3 Å². The summed E-state index contributed by atoms with van der Waals surface area (Å²) < 4.78 is 157.